The smallest absolute Gasteiger partial charge is 0.320 e. The Balaban J connectivity index is 0.00000220. The normalized spacial score (nSPS) is 37.7. The van der Waals surface area contributed by atoms with Gasteiger partial charge in [0.05, 0.1) is 0 Å². The van der Waals surface area contributed by atoms with E-state index < -0.39 is 0 Å². The molecule has 8 rings (SSSR count). The molecule has 6 aliphatic rings. The molecule has 5 unspecified atom stereocenters. The molecule has 5 fully saturated rings. The number of hydrogen-bond acceptors (Lipinski definition) is 4. The molecule has 4 aliphatic carbocycles. The minimum atomic E-state index is -0.112. The van der Waals surface area contributed by atoms with Crippen LogP contribution < -0.4 is 4.73 Å². The molecule has 0 spiro atoms. The number of pyridine rings is 1. The van der Waals surface area contributed by atoms with Crippen molar-refractivity contribution < 1.29 is 14.6 Å². The van der Waals surface area contributed by atoms with Crippen LogP contribution in [0.1, 0.15) is 60.1 Å². The van der Waals surface area contributed by atoms with Gasteiger partial charge < -0.3 is 15.2 Å². The number of hydrogen-bond donors (Lipinski definition) is 1. The number of aromatic hydroxyl groups is 1. The number of rotatable bonds is 3. The maximum atomic E-state index is 13.7. The van der Waals surface area contributed by atoms with Gasteiger partial charge in [0.1, 0.15) is 5.75 Å². The number of halogens is 1. The van der Waals surface area contributed by atoms with Gasteiger partial charge in [0.2, 0.25) is 0 Å². The van der Waals surface area contributed by atoms with Crippen LogP contribution in [0.3, 0.4) is 0 Å². The quantitative estimate of drug-likeness (QED) is 0.508. The summed E-state index contributed by atoms with van der Waals surface area (Å²) in [5.74, 6) is 2.02. The fourth-order valence-corrected chi connectivity index (χ4v) is 9.92. The van der Waals surface area contributed by atoms with E-state index in [1.165, 1.54) is 43.1 Å². The van der Waals surface area contributed by atoms with Gasteiger partial charge >= 0.3 is 5.91 Å². The highest BCUT2D eigenvalue weighted by Gasteiger charge is 2.76. The first-order valence-electron chi connectivity index (χ1n) is 13.6. The van der Waals surface area contributed by atoms with Gasteiger partial charge in [0, 0.05) is 42.7 Å². The number of aromatic nitrogens is 1. The molecule has 1 aromatic heterocycles. The minimum absolute atomic E-state index is 0. The fourth-order valence-electron chi connectivity index (χ4n) is 9.92. The van der Waals surface area contributed by atoms with Crippen molar-refractivity contribution in [1.82, 2.24) is 9.80 Å². The number of phenolic OH excluding ortho intramolecular Hbond substituents is 1. The van der Waals surface area contributed by atoms with Gasteiger partial charge in [-0.2, -0.15) is 4.73 Å². The first-order chi connectivity index (χ1) is 17.0. The molecule has 3 heterocycles. The van der Waals surface area contributed by atoms with Gasteiger partial charge in [-0.05, 0) is 104 Å². The van der Waals surface area contributed by atoms with E-state index in [0.29, 0.717) is 23.6 Å². The number of phenols is 1. The lowest BCUT2D eigenvalue weighted by atomic mass is 9.43. The Morgan fingerprint density at radius 3 is 2.83 bits per heavy atom. The van der Waals surface area contributed by atoms with E-state index in [0.717, 1.165) is 49.4 Å². The zero-order valence-corrected chi connectivity index (χ0v) is 21.3. The van der Waals surface area contributed by atoms with Crippen LogP contribution >= 0.6 is 12.4 Å². The number of carbonyl (C=O) groups excluding carboxylic acids is 1. The maximum Gasteiger partial charge on any atom is 0.320 e. The number of carbonyl (C=O) groups is 1. The molecular weight excluding hydrogens is 474 g/mol. The molecule has 1 aromatic carbocycles. The molecule has 2 aliphatic heterocycles. The SMILES string of the molecule is Cl.O=C(c1cccc[n+]1[O-])N1C[C@H]2CC34CCC1C2C31CCN(CC2CC2)C4Cc2ccc(O)cc21. The van der Waals surface area contributed by atoms with Crippen molar-refractivity contribution in [3.63, 3.8) is 0 Å². The Labute approximate surface area is 218 Å². The summed E-state index contributed by atoms with van der Waals surface area (Å²) in [6.45, 7) is 3.13. The van der Waals surface area contributed by atoms with Crippen LogP contribution in [0, 0.1) is 28.4 Å². The molecule has 0 radical (unpaired) electrons. The molecule has 3 saturated carbocycles. The first-order valence-corrected chi connectivity index (χ1v) is 13.6. The Hall–Kier alpha value is -2.31. The summed E-state index contributed by atoms with van der Waals surface area (Å²) in [6.07, 6.45) is 9.75. The molecule has 1 amide bonds. The second-order valence-corrected chi connectivity index (χ2v) is 12.3. The van der Waals surface area contributed by atoms with E-state index in [-0.39, 0.29) is 40.9 Å². The summed E-state index contributed by atoms with van der Waals surface area (Å²) in [5, 5.41) is 23.0. The summed E-state index contributed by atoms with van der Waals surface area (Å²) in [4.78, 5) is 18.6. The highest BCUT2D eigenvalue weighted by atomic mass is 35.5. The highest BCUT2D eigenvalue weighted by Crippen LogP contribution is 2.75. The van der Waals surface area contributed by atoms with Gasteiger partial charge in [-0.15, -0.1) is 12.4 Å². The van der Waals surface area contributed by atoms with E-state index in [4.69, 9.17) is 0 Å². The number of likely N-dealkylation sites (tertiary alicyclic amines) is 2. The molecule has 4 bridgehead atoms. The van der Waals surface area contributed by atoms with Gasteiger partial charge in [-0.25, -0.2) is 0 Å². The topological polar surface area (TPSA) is 70.7 Å². The van der Waals surface area contributed by atoms with Gasteiger partial charge in [0.15, 0.2) is 6.20 Å². The predicted octanol–water partition coefficient (Wildman–Crippen LogP) is 3.67. The van der Waals surface area contributed by atoms with Crippen molar-refractivity contribution in [2.45, 2.75) is 62.4 Å². The third-order valence-corrected chi connectivity index (χ3v) is 11.1. The zero-order chi connectivity index (χ0) is 23.5. The van der Waals surface area contributed by atoms with Crippen LogP contribution in [0.2, 0.25) is 0 Å². The van der Waals surface area contributed by atoms with Crippen LogP contribution in [0.15, 0.2) is 42.6 Å². The van der Waals surface area contributed by atoms with Crippen molar-refractivity contribution in [2.24, 2.45) is 23.2 Å². The number of fused-ring (bicyclic) bond motifs is 1. The monoisotopic (exact) mass is 507 g/mol. The second kappa shape index (κ2) is 7.61. The Bertz CT molecular complexity index is 1250. The number of nitrogens with zero attached hydrogens (tertiary/aromatic N) is 3. The van der Waals surface area contributed by atoms with Crippen molar-refractivity contribution in [2.75, 3.05) is 19.6 Å². The Morgan fingerprint density at radius 2 is 2.03 bits per heavy atom. The zero-order valence-electron chi connectivity index (χ0n) is 20.5. The van der Waals surface area contributed by atoms with E-state index in [1.807, 2.05) is 6.07 Å². The summed E-state index contributed by atoms with van der Waals surface area (Å²) in [6, 6.07) is 12.0. The van der Waals surface area contributed by atoms with E-state index in [2.05, 4.69) is 21.9 Å². The third kappa shape index (κ3) is 2.72. The van der Waals surface area contributed by atoms with Crippen LogP contribution in [0.5, 0.6) is 5.75 Å². The summed E-state index contributed by atoms with van der Waals surface area (Å²) in [5.41, 5.74) is 3.30. The molecule has 7 heteroatoms. The van der Waals surface area contributed by atoms with E-state index in [1.54, 1.807) is 18.2 Å². The number of amides is 1. The molecular formula is C29H34ClN3O3. The van der Waals surface area contributed by atoms with Crippen LogP contribution in [0.4, 0.5) is 0 Å². The van der Waals surface area contributed by atoms with E-state index in [9.17, 15) is 15.1 Å². The van der Waals surface area contributed by atoms with Crippen molar-refractivity contribution in [3.8, 4) is 5.75 Å². The Kier molecular flexibility index (Phi) is 4.83. The minimum Gasteiger partial charge on any atom is -0.618 e. The average molecular weight is 508 g/mol. The molecule has 190 valence electrons. The lowest BCUT2D eigenvalue weighted by Crippen LogP contribution is -2.70. The molecule has 1 N–H and O–H groups in total. The standard InChI is InChI=1S/C29H33N3O3.ClH/c33-21-7-6-19-13-25-28-9-8-23-26(29(28,22(19)14-21)10-12-30(25)16-18-4-5-18)20(15-28)17-31(23)27(34)24-3-1-2-11-32(24)35;/h1-3,6-7,11,14,18,20,23,25-26,33H,4-5,8-10,12-13,15-17H2;1H/t20-,23?,25?,26?,28?,29?;/m1./s1. The van der Waals surface area contributed by atoms with Crippen LogP contribution in [-0.2, 0) is 11.8 Å². The van der Waals surface area contributed by atoms with Crippen molar-refractivity contribution in [3.05, 3.63) is 64.6 Å². The number of benzene rings is 1. The fraction of sp³-hybridized carbons (Fsp3) is 0.586. The Morgan fingerprint density at radius 1 is 1.17 bits per heavy atom. The second-order valence-electron chi connectivity index (χ2n) is 12.3. The first kappa shape index (κ1) is 22.9. The van der Waals surface area contributed by atoms with Crippen molar-refractivity contribution in [1.29, 1.82) is 0 Å². The molecule has 2 aromatic rings. The maximum absolute atomic E-state index is 13.7. The van der Waals surface area contributed by atoms with Crippen molar-refractivity contribution >= 4 is 18.3 Å². The largest absolute Gasteiger partial charge is 0.618 e. The molecule has 6 nitrogen and oxygen atoms in total. The van der Waals surface area contributed by atoms with Gasteiger partial charge in [0.25, 0.3) is 5.69 Å². The summed E-state index contributed by atoms with van der Waals surface area (Å²) in [7, 11) is 0. The van der Waals surface area contributed by atoms with E-state index >= 15 is 0 Å². The van der Waals surface area contributed by atoms with Crippen LogP contribution in [-0.4, -0.2) is 52.5 Å². The third-order valence-electron chi connectivity index (χ3n) is 11.1. The average Bonchev–Trinajstić information content (AvgIpc) is 3.54. The molecule has 2 saturated heterocycles. The van der Waals surface area contributed by atoms with Gasteiger partial charge in [-0.3, -0.25) is 9.69 Å². The highest BCUT2D eigenvalue weighted by molar-refractivity contribution is 5.91. The predicted molar refractivity (Wildman–Crippen MR) is 137 cm³/mol. The molecule has 36 heavy (non-hydrogen) atoms. The van der Waals surface area contributed by atoms with Crippen LogP contribution in [0.25, 0.3) is 0 Å². The summed E-state index contributed by atoms with van der Waals surface area (Å²) < 4.78 is 0.724. The lowest BCUT2D eigenvalue weighted by molar-refractivity contribution is -0.608. The summed E-state index contributed by atoms with van der Waals surface area (Å²) >= 11 is 0. The lowest BCUT2D eigenvalue weighted by Gasteiger charge is -2.66. The van der Waals surface area contributed by atoms with Gasteiger partial charge in [-0.1, -0.05) is 6.07 Å². The number of piperidine rings is 1. The molecule has 6 atom stereocenters.